The summed E-state index contributed by atoms with van der Waals surface area (Å²) in [5.74, 6) is -0.250. The summed E-state index contributed by atoms with van der Waals surface area (Å²) in [6.07, 6.45) is 8.88. The van der Waals surface area contributed by atoms with Crippen molar-refractivity contribution < 1.29 is 28.6 Å². The fourth-order valence-corrected chi connectivity index (χ4v) is 7.64. The molecule has 53 heavy (non-hydrogen) atoms. The third-order valence-electron chi connectivity index (χ3n) is 10.7. The Morgan fingerprint density at radius 3 is 2.34 bits per heavy atom. The quantitative estimate of drug-likeness (QED) is 0.116. The Bertz CT molecular complexity index is 2000. The molecule has 2 N–H and O–H groups in total. The van der Waals surface area contributed by atoms with E-state index in [-0.39, 0.29) is 52.9 Å². The number of nitriles is 1. The van der Waals surface area contributed by atoms with Crippen LogP contribution in [0.25, 0.3) is 10.8 Å². The molecule has 2 aliphatic carbocycles. The van der Waals surface area contributed by atoms with E-state index in [0.29, 0.717) is 48.7 Å². The van der Waals surface area contributed by atoms with Crippen molar-refractivity contribution in [2.75, 3.05) is 19.0 Å². The van der Waals surface area contributed by atoms with Crippen molar-refractivity contribution in [2.45, 2.75) is 83.8 Å². The van der Waals surface area contributed by atoms with Crippen molar-refractivity contribution in [2.24, 2.45) is 11.3 Å². The van der Waals surface area contributed by atoms with Crippen LogP contribution in [0.3, 0.4) is 0 Å². The van der Waals surface area contributed by atoms with E-state index in [9.17, 15) is 19.6 Å². The number of benzene rings is 4. The molecule has 0 spiro atoms. The summed E-state index contributed by atoms with van der Waals surface area (Å²) >= 11 is 6.31. The smallest absolute Gasteiger partial charge is 0.312 e. The number of hydrogen-bond donors (Lipinski definition) is 2. The Balaban J connectivity index is 1.11. The topological polar surface area (TPSA) is 127 Å². The average Bonchev–Trinajstić information content (AvgIpc) is 3.46. The van der Waals surface area contributed by atoms with Crippen LogP contribution in [0.1, 0.15) is 103 Å². The van der Waals surface area contributed by atoms with Gasteiger partial charge in [-0.3, -0.25) is 14.4 Å². The van der Waals surface area contributed by atoms with Crippen LogP contribution in [0.15, 0.2) is 72.8 Å². The van der Waals surface area contributed by atoms with Crippen LogP contribution < -0.4 is 20.1 Å². The average molecular weight is 736 g/mol. The molecule has 0 bridgehead atoms. The van der Waals surface area contributed by atoms with E-state index in [0.717, 1.165) is 29.2 Å². The number of carbonyl (C=O) groups is 3. The maximum Gasteiger partial charge on any atom is 0.312 e. The number of esters is 1. The van der Waals surface area contributed by atoms with Crippen molar-refractivity contribution in [3.8, 4) is 17.6 Å². The lowest BCUT2D eigenvalue weighted by Gasteiger charge is -2.35. The first-order valence-corrected chi connectivity index (χ1v) is 18.9. The Hall–Kier alpha value is -5.07. The monoisotopic (exact) mass is 735 g/mol. The number of halogens is 1. The summed E-state index contributed by atoms with van der Waals surface area (Å²) in [5.41, 5.74) is 1.17. The zero-order chi connectivity index (χ0) is 37.4. The van der Waals surface area contributed by atoms with E-state index in [1.165, 1.54) is 44.9 Å². The van der Waals surface area contributed by atoms with Gasteiger partial charge in [0.05, 0.1) is 41.0 Å². The number of nitrogens with one attached hydrogen (secondary N) is 2. The molecule has 6 rings (SSSR count). The van der Waals surface area contributed by atoms with Gasteiger partial charge in [0.15, 0.2) is 0 Å². The molecule has 9 nitrogen and oxygen atoms in total. The number of carbonyl (C=O) groups excluding carboxylic acids is 3. The summed E-state index contributed by atoms with van der Waals surface area (Å²) in [4.78, 5) is 40.5. The highest BCUT2D eigenvalue weighted by atomic mass is 35.5. The molecule has 2 saturated carbocycles. The molecule has 10 heteroatoms. The summed E-state index contributed by atoms with van der Waals surface area (Å²) < 4.78 is 17.7. The minimum Gasteiger partial charge on any atom is -0.496 e. The number of hydrogen-bond acceptors (Lipinski definition) is 7. The Kier molecular flexibility index (Phi) is 12.2. The standard InChI is InChI=1S/C43H46ClN3O6/c1-43(42(50)52-27-30-14-9-13-29-12-7-8-15-34(29)30)20-18-33(19-21-43)53-38-24-36(39(51-2)22-31(38)25-45)41(49)47-37-23-32(44)16-17-35(37)40(48)46-26-28-10-5-3-4-6-11-28/h7-9,12-17,22-24,28,33H,3-6,10-11,18-21,26-27H2,1-2H3,(H,46,48)(H,47,49). The van der Waals surface area contributed by atoms with Crippen LogP contribution in [0, 0.1) is 22.7 Å². The highest BCUT2D eigenvalue weighted by Gasteiger charge is 2.40. The van der Waals surface area contributed by atoms with Gasteiger partial charge >= 0.3 is 5.97 Å². The molecule has 4 aromatic rings. The van der Waals surface area contributed by atoms with Gasteiger partial charge < -0.3 is 24.8 Å². The number of nitrogens with zero attached hydrogens (tertiary/aromatic N) is 1. The van der Waals surface area contributed by atoms with E-state index >= 15 is 0 Å². The Morgan fingerprint density at radius 1 is 0.868 bits per heavy atom. The molecule has 0 aliphatic heterocycles. The number of fused-ring (bicyclic) bond motifs is 1. The van der Waals surface area contributed by atoms with E-state index in [1.54, 1.807) is 18.2 Å². The van der Waals surface area contributed by atoms with Crippen LogP contribution in [0.4, 0.5) is 5.69 Å². The third kappa shape index (κ3) is 9.12. The highest BCUT2D eigenvalue weighted by Crippen LogP contribution is 2.40. The van der Waals surface area contributed by atoms with Gasteiger partial charge in [-0.2, -0.15) is 5.26 Å². The molecule has 4 aromatic carbocycles. The maximum atomic E-state index is 13.8. The van der Waals surface area contributed by atoms with Crippen molar-refractivity contribution >= 4 is 45.8 Å². The van der Waals surface area contributed by atoms with E-state index < -0.39 is 11.3 Å². The molecular weight excluding hydrogens is 690 g/mol. The van der Waals surface area contributed by atoms with Crippen LogP contribution in [0.5, 0.6) is 11.5 Å². The van der Waals surface area contributed by atoms with E-state index in [4.69, 9.17) is 25.8 Å². The minimum absolute atomic E-state index is 0.129. The first-order valence-electron chi connectivity index (χ1n) is 18.5. The van der Waals surface area contributed by atoms with E-state index in [1.807, 2.05) is 49.4 Å². The zero-order valence-electron chi connectivity index (χ0n) is 30.3. The Morgan fingerprint density at radius 2 is 1.60 bits per heavy atom. The summed E-state index contributed by atoms with van der Waals surface area (Å²) in [7, 11) is 1.42. The molecule has 0 saturated heterocycles. The lowest BCUT2D eigenvalue weighted by atomic mass is 9.74. The molecule has 0 unspecified atom stereocenters. The third-order valence-corrected chi connectivity index (χ3v) is 11.0. The fourth-order valence-electron chi connectivity index (χ4n) is 7.46. The van der Waals surface area contributed by atoms with E-state index in [2.05, 4.69) is 16.7 Å². The van der Waals surface area contributed by atoms with Gasteiger partial charge in [0, 0.05) is 17.6 Å². The second-order valence-electron chi connectivity index (χ2n) is 14.5. The lowest BCUT2D eigenvalue weighted by Crippen LogP contribution is -2.37. The number of ether oxygens (including phenoxy) is 3. The summed E-state index contributed by atoms with van der Waals surface area (Å²) in [6, 6.07) is 23.9. The molecule has 276 valence electrons. The minimum atomic E-state index is -0.676. The van der Waals surface area contributed by atoms with Gasteiger partial charge in [0.25, 0.3) is 11.8 Å². The second kappa shape index (κ2) is 17.2. The van der Waals surface area contributed by atoms with Gasteiger partial charge in [-0.25, -0.2) is 0 Å². The summed E-state index contributed by atoms with van der Waals surface area (Å²) in [5, 5.41) is 18.4. The molecular formula is C43H46ClN3O6. The van der Waals surface area contributed by atoms with Gasteiger partial charge in [-0.05, 0) is 92.0 Å². The molecule has 0 aromatic heterocycles. The number of rotatable bonds is 11. The highest BCUT2D eigenvalue weighted by molar-refractivity contribution is 6.31. The first-order chi connectivity index (χ1) is 25.7. The number of methoxy groups -OCH3 is 1. The zero-order valence-corrected chi connectivity index (χ0v) is 31.1. The van der Waals surface area contributed by atoms with Gasteiger partial charge in [-0.15, -0.1) is 0 Å². The molecule has 0 atom stereocenters. The van der Waals surface area contributed by atoms with Crippen LogP contribution in [0.2, 0.25) is 5.02 Å². The van der Waals surface area contributed by atoms with Crippen LogP contribution in [-0.2, 0) is 16.1 Å². The first kappa shape index (κ1) is 37.7. The molecule has 2 amide bonds. The number of amides is 2. The molecule has 0 radical (unpaired) electrons. The maximum absolute atomic E-state index is 13.8. The largest absolute Gasteiger partial charge is 0.496 e. The fraction of sp³-hybridized carbons (Fsp3) is 0.395. The van der Waals surface area contributed by atoms with Crippen LogP contribution >= 0.6 is 11.6 Å². The predicted molar refractivity (Wildman–Crippen MR) is 205 cm³/mol. The Labute approximate surface area is 316 Å². The van der Waals surface area contributed by atoms with Crippen molar-refractivity contribution in [1.82, 2.24) is 5.32 Å². The SMILES string of the molecule is COc1cc(C#N)c(OC2CCC(C)(C(=O)OCc3cccc4ccccc34)CC2)cc1C(=O)Nc1cc(Cl)ccc1C(=O)NCC1CCCCCC1. The second-order valence-corrected chi connectivity index (χ2v) is 14.9. The van der Waals surface area contributed by atoms with Gasteiger partial charge in [0.1, 0.15) is 24.2 Å². The normalized spacial score (nSPS) is 19.0. The van der Waals surface area contributed by atoms with Gasteiger partial charge in [-0.1, -0.05) is 79.7 Å². The molecule has 2 fully saturated rings. The summed E-state index contributed by atoms with van der Waals surface area (Å²) in [6.45, 7) is 2.69. The molecule has 2 aliphatic rings. The molecule has 0 heterocycles. The van der Waals surface area contributed by atoms with Crippen molar-refractivity contribution in [1.29, 1.82) is 5.26 Å². The predicted octanol–water partition coefficient (Wildman–Crippen LogP) is 9.40. The van der Waals surface area contributed by atoms with Gasteiger partial charge in [0.2, 0.25) is 0 Å². The number of anilines is 1. The van der Waals surface area contributed by atoms with Crippen molar-refractivity contribution in [3.63, 3.8) is 0 Å². The van der Waals surface area contributed by atoms with Crippen LogP contribution in [-0.4, -0.2) is 37.5 Å². The lowest BCUT2D eigenvalue weighted by molar-refractivity contribution is -0.159. The van der Waals surface area contributed by atoms with Crippen molar-refractivity contribution in [3.05, 3.63) is 100 Å².